The molecule has 0 saturated carbocycles. The molecule has 2 rings (SSSR count). The molecular formula is C21H25ClN4O3S. The van der Waals surface area contributed by atoms with Gasteiger partial charge in [-0.15, -0.1) is 11.8 Å². The lowest BCUT2D eigenvalue weighted by atomic mass is 10.2. The van der Waals surface area contributed by atoms with E-state index in [1.165, 1.54) is 0 Å². The first kappa shape index (κ1) is 23.7. The van der Waals surface area contributed by atoms with Gasteiger partial charge in [-0.1, -0.05) is 29.8 Å². The van der Waals surface area contributed by atoms with Crippen LogP contribution in [0.2, 0.25) is 5.02 Å². The molecule has 0 atom stereocenters. The molecular weight excluding hydrogens is 424 g/mol. The highest BCUT2D eigenvalue weighted by molar-refractivity contribution is 7.98. The Morgan fingerprint density at radius 1 is 0.933 bits per heavy atom. The molecule has 0 unspecified atom stereocenters. The number of carbonyl (C=O) groups is 3. The van der Waals surface area contributed by atoms with Gasteiger partial charge in [0.2, 0.25) is 17.7 Å². The van der Waals surface area contributed by atoms with Gasteiger partial charge >= 0.3 is 0 Å². The topological polar surface area (TPSA) is 90.5 Å². The van der Waals surface area contributed by atoms with Crippen LogP contribution in [0.15, 0.2) is 47.4 Å². The molecule has 2 aromatic rings. The Labute approximate surface area is 185 Å². The number of anilines is 2. The minimum atomic E-state index is -0.359. The van der Waals surface area contributed by atoms with Crippen molar-refractivity contribution in [3.63, 3.8) is 0 Å². The summed E-state index contributed by atoms with van der Waals surface area (Å²) in [6, 6.07) is 12.7. The molecule has 0 heterocycles. The van der Waals surface area contributed by atoms with Crippen molar-refractivity contribution in [1.82, 2.24) is 10.2 Å². The summed E-state index contributed by atoms with van der Waals surface area (Å²) in [6.07, 6.45) is 1.94. The number of hydrogen-bond acceptors (Lipinski definition) is 5. The van der Waals surface area contributed by atoms with Gasteiger partial charge in [0.05, 0.1) is 25.3 Å². The minimum Gasteiger partial charge on any atom is -0.346 e. The Kier molecular flexibility index (Phi) is 9.16. The number of rotatable bonds is 9. The molecule has 3 N–H and O–H groups in total. The molecule has 9 heteroatoms. The van der Waals surface area contributed by atoms with Crippen LogP contribution in [0, 0.1) is 6.92 Å². The fourth-order valence-electron chi connectivity index (χ4n) is 2.66. The third-order valence-electron chi connectivity index (χ3n) is 4.20. The zero-order chi connectivity index (χ0) is 22.1. The SMILES string of the molecule is CSc1ccccc1NC(=O)CN(C)CC(=O)NCC(=O)Nc1cccc(Cl)c1C. The summed E-state index contributed by atoms with van der Waals surface area (Å²) in [5.41, 5.74) is 2.09. The second kappa shape index (κ2) is 11.6. The van der Waals surface area contributed by atoms with Crippen LogP contribution >= 0.6 is 23.4 Å². The summed E-state index contributed by atoms with van der Waals surface area (Å²) in [6.45, 7) is 1.66. The number of benzene rings is 2. The monoisotopic (exact) mass is 448 g/mol. The summed E-state index contributed by atoms with van der Waals surface area (Å²) in [4.78, 5) is 38.9. The van der Waals surface area contributed by atoms with Crippen LogP contribution in [0.4, 0.5) is 11.4 Å². The van der Waals surface area contributed by atoms with Crippen molar-refractivity contribution < 1.29 is 14.4 Å². The van der Waals surface area contributed by atoms with E-state index in [2.05, 4.69) is 16.0 Å². The molecule has 3 amide bonds. The van der Waals surface area contributed by atoms with Crippen LogP contribution in [0.25, 0.3) is 0 Å². The number of amides is 3. The zero-order valence-electron chi connectivity index (χ0n) is 17.1. The van der Waals surface area contributed by atoms with E-state index < -0.39 is 0 Å². The third kappa shape index (κ3) is 7.37. The average molecular weight is 449 g/mol. The van der Waals surface area contributed by atoms with E-state index in [1.807, 2.05) is 30.5 Å². The second-order valence-corrected chi connectivity index (χ2v) is 7.91. The molecule has 160 valence electrons. The lowest BCUT2D eigenvalue weighted by Crippen LogP contribution is -2.41. The van der Waals surface area contributed by atoms with Crippen molar-refractivity contribution >= 4 is 52.5 Å². The molecule has 0 aliphatic rings. The Balaban J connectivity index is 1.75. The van der Waals surface area contributed by atoms with Gasteiger partial charge in [0.1, 0.15) is 0 Å². The van der Waals surface area contributed by atoms with Crippen molar-refractivity contribution in [2.75, 3.05) is 43.6 Å². The average Bonchev–Trinajstić information content (AvgIpc) is 2.70. The third-order valence-corrected chi connectivity index (χ3v) is 5.40. The van der Waals surface area contributed by atoms with Gasteiger partial charge in [0.15, 0.2) is 0 Å². The smallest absolute Gasteiger partial charge is 0.243 e. The van der Waals surface area contributed by atoms with Gasteiger partial charge in [-0.25, -0.2) is 0 Å². The van der Waals surface area contributed by atoms with Crippen molar-refractivity contribution in [1.29, 1.82) is 0 Å². The van der Waals surface area contributed by atoms with Crippen LogP contribution in [0.3, 0.4) is 0 Å². The predicted octanol–water partition coefficient (Wildman–Crippen LogP) is 3.00. The molecule has 2 aromatic carbocycles. The molecule has 0 fully saturated rings. The number of hydrogen-bond donors (Lipinski definition) is 3. The minimum absolute atomic E-state index is 0.0128. The summed E-state index contributed by atoms with van der Waals surface area (Å²) >= 11 is 7.57. The summed E-state index contributed by atoms with van der Waals surface area (Å²) in [5.74, 6) is -0.934. The number of nitrogens with one attached hydrogen (secondary N) is 3. The summed E-state index contributed by atoms with van der Waals surface area (Å²) < 4.78 is 0. The van der Waals surface area contributed by atoms with Gasteiger partial charge in [0.25, 0.3) is 0 Å². The Morgan fingerprint density at radius 2 is 1.57 bits per heavy atom. The normalized spacial score (nSPS) is 10.6. The molecule has 30 heavy (non-hydrogen) atoms. The number of thioether (sulfide) groups is 1. The highest BCUT2D eigenvalue weighted by Gasteiger charge is 2.13. The van der Waals surface area contributed by atoms with E-state index in [0.29, 0.717) is 10.7 Å². The van der Waals surface area contributed by atoms with Crippen molar-refractivity contribution in [2.24, 2.45) is 0 Å². The van der Waals surface area contributed by atoms with E-state index in [-0.39, 0.29) is 37.4 Å². The lowest BCUT2D eigenvalue weighted by molar-refractivity contribution is -0.125. The molecule has 0 spiro atoms. The molecule has 0 aliphatic carbocycles. The van der Waals surface area contributed by atoms with E-state index in [1.54, 1.807) is 48.8 Å². The Morgan fingerprint density at radius 3 is 2.30 bits per heavy atom. The van der Waals surface area contributed by atoms with E-state index in [4.69, 9.17) is 11.6 Å². The van der Waals surface area contributed by atoms with Gasteiger partial charge < -0.3 is 16.0 Å². The van der Waals surface area contributed by atoms with Crippen molar-refractivity contribution in [3.05, 3.63) is 53.1 Å². The largest absolute Gasteiger partial charge is 0.346 e. The molecule has 7 nitrogen and oxygen atoms in total. The van der Waals surface area contributed by atoms with Crippen molar-refractivity contribution in [3.8, 4) is 0 Å². The summed E-state index contributed by atoms with van der Waals surface area (Å²) in [7, 11) is 1.66. The summed E-state index contributed by atoms with van der Waals surface area (Å²) in [5, 5.41) is 8.66. The fraction of sp³-hybridized carbons (Fsp3) is 0.286. The van der Waals surface area contributed by atoms with E-state index in [0.717, 1.165) is 16.1 Å². The first-order valence-corrected chi connectivity index (χ1v) is 10.8. The van der Waals surface area contributed by atoms with Crippen LogP contribution in [0.5, 0.6) is 0 Å². The predicted molar refractivity (Wildman–Crippen MR) is 122 cm³/mol. The van der Waals surface area contributed by atoms with E-state index >= 15 is 0 Å². The van der Waals surface area contributed by atoms with E-state index in [9.17, 15) is 14.4 Å². The number of likely N-dealkylation sites (N-methyl/N-ethyl adjacent to an activating group) is 1. The Hall–Kier alpha value is -2.55. The molecule has 0 aliphatic heterocycles. The Bertz CT molecular complexity index is 923. The van der Waals surface area contributed by atoms with Gasteiger partial charge in [-0.2, -0.15) is 0 Å². The van der Waals surface area contributed by atoms with Crippen LogP contribution in [-0.4, -0.2) is 55.6 Å². The first-order chi connectivity index (χ1) is 14.3. The zero-order valence-corrected chi connectivity index (χ0v) is 18.7. The molecule has 0 bridgehead atoms. The number of nitrogens with zero attached hydrogens (tertiary/aromatic N) is 1. The van der Waals surface area contributed by atoms with Crippen LogP contribution in [0.1, 0.15) is 5.56 Å². The number of halogens is 1. The number of carbonyl (C=O) groups excluding carboxylic acids is 3. The maximum absolute atomic E-state index is 12.2. The molecule has 0 aromatic heterocycles. The quantitative estimate of drug-likeness (QED) is 0.513. The standard InChI is InChI=1S/C21H25ClN4O3S/c1-14-15(22)7-6-9-16(14)24-19(27)11-23-20(28)12-26(2)13-21(29)25-17-8-4-5-10-18(17)30-3/h4-10H,11-13H2,1-3H3,(H,23,28)(H,24,27)(H,25,29). The van der Waals surface area contributed by atoms with Crippen molar-refractivity contribution in [2.45, 2.75) is 11.8 Å². The lowest BCUT2D eigenvalue weighted by Gasteiger charge is -2.17. The molecule has 0 radical (unpaired) electrons. The first-order valence-electron chi connectivity index (χ1n) is 9.23. The maximum Gasteiger partial charge on any atom is 0.243 e. The van der Waals surface area contributed by atoms with Crippen LogP contribution < -0.4 is 16.0 Å². The van der Waals surface area contributed by atoms with Gasteiger partial charge in [0, 0.05) is 15.6 Å². The van der Waals surface area contributed by atoms with Gasteiger partial charge in [-0.05, 0) is 50.1 Å². The molecule has 0 saturated heterocycles. The maximum atomic E-state index is 12.2. The number of para-hydroxylation sites is 1. The second-order valence-electron chi connectivity index (χ2n) is 6.66. The highest BCUT2D eigenvalue weighted by atomic mass is 35.5. The van der Waals surface area contributed by atoms with Crippen LogP contribution in [-0.2, 0) is 14.4 Å². The fourth-order valence-corrected chi connectivity index (χ4v) is 3.38. The highest BCUT2D eigenvalue weighted by Crippen LogP contribution is 2.24. The van der Waals surface area contributed by atoms with Gasteiger partial charge in [-0.3, -0.25) is 19.3 Å².